The van der Waals surface area contributed by atoms with Crippen LogP contribution in [0, 0.1) is 6.92 Å². The zero-order valence-electron chi connectivity index (χ0n) is 18.9. The summed E-state index contributed by atoms with van der Waals surface area (Å²) in [6.07, 6.45) is 3.40. The van der Waals surface area contributed by atoms with Gasteiger partial charge in [0.05, 0.1) is 16.8 Å². The number of allylic oxidation sites excluding steroid dienone is 2. The molecular formula is C22H20Cl2N2O8S2. The highest BCUT2D eigenvalue weighted by molar-refractivity contribution is 7.85. The molecule has 10 nitrogen and oxygen atoms in total. The van der Waals surface area contributed by atoms with Crippen molar-refractivity contribution in [2.24, 2.45) is 0 Å². The van der Waals surface area contributed by atoms with Gasteiger partial charge in [-0.15, -0.1) is 4.57 Å². The molecule has 0 atom stereocenters. The number of hydrogen-bond donors (Lipinski definition) is 1. The highest BCUT2D eigenvalue weighted by atomic mass is 35.5. The van der Waals surface area contributed by atoms with Crippen molar-refractivity contribution in [1.82, 2.24) is 0 Å². The Morgan fingerprint density at radius 3 is 2.56 bits per heavy atom. The van der Waals surface area contributed by atoms with Crippen molar-refractivity contribution in [3.63, 3.8) is 0 Å². The van der Waals surface area contributed by atoms with E-state index in [-0.39, 0.29) is 11.8 Å². The van der Waals surface area contributed by atoms with Gasteiger partial charge in [0, 0.05) is 17.2 Å². The van der Waals surface area contributed by atoms with Gasteiger partial charge in [-0.2, -0.15) is 8.42 Å². The number of halogens is 2. The first-order chi connectivity index (χ1) is 16.7. The monoisotopic (exact) mass is 574 g/mol. The fraction of sp³-hybridized carbons (Fsp3) is 0.227. The van der Waals surface area contributed by atoms with E-state index in [0.29, 0.717) is 50.1 Å². The Morgan fingerprint density at radius 1 is 1.19 bits per heavy atom. The molecule has 1 aromatic heterocycles. The number of anilines is 1. The Balaban J connectivity index is 1.84. The van der Waals surface area contributed by atoms with E-state index in [9.17, 15) is 25.9 Å². The number of fused-ring (bicyclic) bond motifs is 2. The summed E-state index contributed by atoms with van der Waals surface area (Å²) in [6, 6.07) is 7.76. The van der Waals surface area contributed by atoms with Crippen LogP contribution in [0.2, 0.25) is 10.0 Å². The largest absolute Gasteiger partial charge is 0.743 e. The Labute approximate surface area is 217 Å². The first-order valence-electron chi connectivity index (χ1n) is 10.4. The first kappa shape index (κ1) is 26.5. The van der Waals surface area contributed by atoms with Crippen molar-refractivity contribution in [3.05, 3.63) is 69.4 Å². The van der Waals surface area contributed by atoms with Crippen LogP contribution in [-0.2, 0) is 26.1 Å². The van der Waals surface area contributed by atoms with Crippen molar-refractivity contribution in [2.75, 3.05) is 10.8 Å². The molecule has 0 bridgehead atoms. The van der Waals surface area contributed by atoms with Gasteiger partial charge in [0.1, 0.15) is 0 Å². The van der Waals surface area contributed by atoms with Gasteiger partial charge >= 0.3 is 5.89 Å². The molecule has 1 aliphatic heterocycles. The molecular weight excluding hydrogens is 555 g/mol. The molecule has 2 aromatic carbocycles. The number of aromatic nitrogens is 1. The number of hydrogen-bond acceptors (Lipinski definition) is 8. The van der Waals surface area contributed by atoms with E-state index in [2.05, 4.69) is 0 Å². The molecule has 192 valence electrons. The van der Waals surface area contributed by atoms with Crippen molar-refractivity contribution >= 4 is 66.3 Å². The third-order valence-corrected chi connectivity index (χ3v) is 7.11. The third-order valence-electron chi connectivity index (χ3n) is 5.31. The quantitative estimate of drug-likeness (QED) is 0.324. The highest BCUT2D eigenvalue weighted by Crippen LogP contribution is 2.41. The molecule has 14 heteroatoms. The molecule has 36 heavy (non-hydrogen) atoms. The number of rotatable bonds is 7. The number of oxazole rings is 1. The minimum atomic E-state index is -4.69. The van der Waals surface area contributed by atoms with Crippen molar-refractivity contribution in [3.8, 4) is 5.75 Å². The van der Waals surface area contributed by atoms with Gasteiger partial charge in [0.25, 0.3) is 15.6 Å². The fourth-order valence-corrected chi connectivity index (χ4v) is 5.16. The summed E-state index contributed by atoms with van der Waals surface area (Å²) in [5, 5.41) is 0.701. The second-order valence-electron chi connectivity index (χ2n) is 8.03. The molecule has 0 saturated heterocycles. The molecule has 0 aliphatic carbocycles. The molecule has 2 heterocycles. The maximum atomic E-state index is 11.7. The molecule has 4 rings (SSSR count). The van der Waals surface area contributed by atoms with E-state index < -0.39 is 32.0 Å². The SMILES string of the molecule is CCC(=C\c1oc2cc(C)c(Cl)cc2[n+]1CS(=O)(=O)[O-])/C=C1/Oc2ccc(Cl)cc2N1CS(=O)(=O)O. The van der Waals surface area contributed by atoms with Crippen LogP contribution >= 0.6 is 23.2 Å². The first-order valence-corrected chi connectivity index (χ1v) is 14.4. The van der Waals surface area contributed by atoms with Crippen LogP contribution < -0.4 is 14.2 Å². The summed E-state index contributed by atoms with van der Waals surface area (Å²) in [6.45, 7) is 3.55. The molecule has 0 saturated carbocycles. The van der Waals surface area contributed by atoms with Crippen LogP contribution in [0.4, 0.5) is 5.69 Å². The van der Waals surface area contributed by atoms with Crippen LogP contribution in [0.1, 0.15) is 24.8 Å². The number of benzene rings is 2. The third kappa shape index (κ3) is 5.85. The van der Waals surface area contributed by atoms with Gasteiger partial charge < -0.3 is 13.7 Å². The Hall–Kier alpha value is -2.61. The molecule has 0 fully saturated rings. The van der Waals surface area contributed by atoms with Crippen molar-refractivity contribution < 1.29 is 39.7 Å². The molecule has 0 spiro atoms. The summed E-state index contributed by atoms with van der Waals surface area (Å²) >= 11 is 12.3. The molecule has 0 amide bonds. The summed E-state index contributed by atoms with van der Waals surface area (Å²) in [5.41, 5.74) is 2.19. The number of nitrogens with zero attached hydrogens (tertiary/aromatic N) is 2. The predicted molar refractivity (Wildman–Crippen MR) is 133 cm³/mol. The average molecular weight is 575 g/mol. The van der Waals surface area contributed by atoms with Crippen LogP contribution in [0.15, 0.2) is 52.3 Å². The zero-order chi connectivity index (χ0) is 26.4. The van der Waals surface area contributed by atoms with Crippen LogP contribution in [0.25, 0.3) is 17.2 Å². The predicted octanol–water partition coefficient (Wildman–Crippen LogP) is 4.22. The van der Waals surface area contributed by atoms with Crippen molar-refractivity contribution in [2.45, 2.75) is 26.1 Å². The molecule has 0 radical (unpaired) electrons. The lowest BCUT2D eigenvalue weighted by atomic mass is 10.2. The summed E-state index contributed by atoms with van der Waals surface area (Å²) in [7, 11) is -9.14. The van der Waals surface area contributed by atoms with Gasteiger partial charge in [0.2, 0.25) is 17.3 Å². The van der Waals surface area contributed by atoms with Gasteiger partial charge in [0.15, 0.2) is 21.7 Å². The Morgan fingerprint density at radius 2 is 1.92 bits per heavy atom. The van der Waals surface area contributed by atoms with E-state index in [1.807, 2.05) is 0 Å². The van der Waals surface area contributed by atoms with Gasteiger partial charge in [-0.25, -0.2) is 8.42 Å². The lowest BCUT2D eigenvalue weighted by Gasteiger charge is -2.16. The lowest BCUT2D eigenvalue weighted by Crippen LogP contribution is -2.39. The standard InChI is InChI=1S/C22H20Cl2N2O8S2/c1-3-14(7-21-25(11-35(27,28)29)17-9-15(23)4-5-19(17)33-21)8-22-26(12-36(30,31)32)18-10-16(24)13(2)6-20(18)34-22/h4-10H,3,11-12H2,1-2H3,(H-,27,28,29,30,31,32). The van der Waals surface area contributed by atoms with E-state index in [4.69, 9.17) is 32.4 Å². The number of ether oxygens (including phenoxy) is 1. The van der Waals surface area contributed by atoms with E-state index in [0.717, 1.165) is 0 Å². The summed E-state index contributed by atoms with van der Waals surface area (Å²) in [5.74, 6) is -1.23. The maximum absolute atomic E-state index is 11.7. The summed E-state index contributed by atoms with van der Waals surface area (Å²) < 4.78 is 80.5. The smallest absolute Gasteiger partial charge is 0.375 e. The van der Waals surface area contributed by atoms with E-state index in [1.165, 1.54) is 33.8 Å². The number of aryl methyl sites for hydroxylation is 1. The second kappa shape index (κ2) is 9.69. The van der Waals surface area contributed by atoms with Gasteiger partial charge in [-0.1, -0.05) is 30.1 Å². The van der Waals surface area contributed by atoms with Crippen LogP contribution in [0.3, 0.4) is 0 Å². The molecule has 1 N–H and O–H groups in total. The molecule has 3 aromatic rings. The second-order valence-corrected chi connectivity index (χ2v) is 11.7. The summed E-state index contributed by atoms with van der Waals surface area (Å²) in [4.78, 5) is 1.23. The topological polar surface area (TPSA) is 141 Å². The Bertz CT molecular complexity index is 1640. The van der Waals surface area contributed by atoms with Crippen LogP contribution in [-0.4, -0.2) is 31.8 Å². The highest BCUT2D eigenvalue weighted by Gasteiger charge is 2.31. The Kier molecular flexibility index (Phi) is 7.12. The minimum Gasteiger partial charge on any atom is -0.743 e. The van der Waals surface area contributed by atoms with Crippen LogP contribution in [0.5, 0.6) is 5.75 Å². The maximum Gasteiger partial charge on any atom is 0.375 e. The van der Waals surface area contributed by atoms with E-state index >= 15 is 0 Å². The van der Waals surface area contributed by atoms with Crippen molar-refractivity contribution in [1.29, 1.82) is 0 Å². The lowest BCUT2D eigenvalue weighted by molar-refractivity contribution is -0.658. The minimum absolute atomic E-state index is 0.0553. The molecule has 0 unspecified atom stereocenters. The average Bonchev–Trinajstić information content (AvgIpc) is 3.23. The molecule has 1 aliphatic rings. The van der Waals surface area contributed by atoms with Gasteiger partial charge in [-0.05, 0) is 48.7 Å². The normalized spacial score (nSPS) is 15.6. The van der Waals surface area contributed by atoms with Gasteiger partial charge in [-0.3, -0.25) is 9.45 Å². The fourth-order valence-electron chi connectivity index (χ4n) is 3.66. The zero-order valence-corrected chi connectivity index (χ0v) is 22.1. The van der Waals surface area contributed by atoms with E-state index in [1.54, 1.807) is 32.0 Å².